The Morgan fingerprint density at radius 3 is 2.64 bits per heavy atom. The van der Waals surface area contributed by atoms with Crippen molar-refractivity contribution in [2.24, 2.45) is 0 Å². The molecule has 3 amide bonds. The van der Waals surface area contributed by atoms with E-state index in [0.717, 1.165) is 45.0 Å². The molecule has 1 aromatic carbocycles. The summed E-state index contributed by atoms with van der Waals surface area (Å²) in [6.07, 6.45) is 3.44. The maximum absolute atomic E-state index is 12.9. The molecule has 33 heavy (non-hydrogen) atoms. The van der Waals surface area contributed by atoms with Crippen LogP contribution in [0.25, 0.3) is 11.9 Å². The SMILES string of the molecule is Cc1ccnc(-n2c(C)cc(/C=C3/SC(=O)N(CC(=O)Nc4ccccc4Cl)C3=O)c2C)c1. The average molecular weight is 481 g/mol. The second kappa shape index (κ2) is 9.25. The van der Waals surface area contributed by atoms with Crippen LogP contribution in [0.15, 0.2) is 53.6 Å². The van der Waals surface area contributed by atoms with Crippen molar-refractivity contribution < 1.29 is 14.4 Å². The predicted molar refractivity (Wildman–Crippen MR) is 131 cm³/mol. The monoisotopic (exact) mass is 480 g/mol. The molecule has 7 nitrogen and oxygen atoms in total. The normalized spacial score (nSPS) is 14.9. The second-order valence-corrected chi connectivity index (χ2v) is 9.05. The molecule has 0 aliphatic carbocycles. The largest absolute Gasteiger partial charge is 0.323 e. The number of rotatable bonds is 5. The van der Waals surface area contributed by atoms with Gasteiger partial charge in [-0.1, -0.05) is 23.7 Å². The summed E-state index contributed by atoms with van der Waals surface area (Å²) in [5, 5.41) is 2.51. The van der Waals surface area contributed by atoms with Crippen LogP contribution in [0.1, 0.15) is 22.5 Å². The Labute approximate surface area is 200 Å². The smallest absolute Gasteiger partial charge is 0.294 e. The molecule has 168 valence electrons. The van der Waals surface area contributed by atoms with Gasteiger partial charge in [0.05, 0.1) is 15.6 Å². The minimum Gasteiger partial charge on any atom is -0.323 e. The Bertz CT molecular complexity index is 1310. The van der Waals surface area contributed by atoms with Crippen LogP contribution in [0.4, 0.5) is 10.5 Å². The Morgan fingerprint density at radius 2 is 1.91 bits per heavy atom. The average Bonchev–Trinajstić information content (AvgIpc) is 3.19. The molecule has 2 aromatic heterocycles. The lowest BCUT2D eigenvalue weighted by atomic mass is 10.2. The third-order valence-electron chi connectivity index (χ3n) is 5.21. The van der Waals surface area contributed by atoms with Crippen molar-refractivity contribution in [1.29, 1.82) is 0 Å². The zero-order valence-electron chi connectivity index (χ0n) is 18.3. The standard InChI is InChI=1S/C24H21ClN4O3S/c1-14-8-9-26-21(10-14)29-15(2)11-17(16(29)3)12-20-23(31)28(24(32)33-20)13-22(30)27-19-7-5-4-6-18(19)25/h4-12H,13H2,1-3H3,(H,27,30)/b20-12+. The zero-order valence-corrected chi connectivity index (χ0v) is 19.8. The molecule has 1 aliphatic heterocycles. The molecule has 1 aliphatic rings. The highest BCUT2D eigenvalue weighted by Crippen LogP contribution is 2.33. The molecular formula is C24H21ClN4O3S. The minimum atomic E-state index is -0.504. The Balaban J connectivity index is 1.54. The van der Waals surface area contributed by atoms with Crippen molar-refractivity contribution in [2.75, 3.05) is 11.9 Å². The maximum atomic E-state index is 12.9. The molecule has 4 rings (SSSR count). The number of anilines is 1. The van der Waals surface area contributed by atoms with E-state index in [9.17, 15) is 14.4 Å². The zero-order chi connectivity index (χ0) is 23.7. The van der Waals surface area contributed by atoms with Crippen molar-refractivity contribution in [3.8, 4) is 5.82 Å². The summed E-state index contributed by atoms with van der Waals surface area (Å²) in [6, 6.07) is 12.6. The highest BCUT2D eigenvalue weighted by molar-refractivity contribution is 8.18. The fourth-order valence-electron chi connectivity index (χ4n) is 3.60. The summed E-state index contributed by atoms with van der Waals surface area (Å²) in [7, 11) is 0. The van der Waals surface area contributed by atoms with Gasteiger partial charge in [-0.05, 0) is 80.1 Å². The van der Waals surface area contributed by atoms with Crippen LogP contribution in [0, 0.1) is 20.8 Å². The van der Waals surface area contributed by atoms with Gasteiger partial charge < -0.3 is 9.88 Å². The number of amides is 3. The maximum Gasteiger partial charge on any atom is 0.294 e. The lowest BCUT2D eigenvalue weighted by Crippen LogP contribution is -2.36. The number of pyridine rings is 1. The number of hydrogen-bond donors (Lipinski definition) is 1. The van der Waals surface area contributed by atoms with Gasteiger partial charge in [-0.2, -0.15) is 0 Å². The van der Waals surface area contributed by atoms with Gasteiger partial charge in [-0.25, -0.2) is 4.98 Å². The van der Waals surface area contributed by atoms with Crippen LogP contribution in [-0.2, 0) is 9.59 Å². The minimum absolute atomic E-state index is 0.267. The first-order valence-corrected chi connectivity index (χ1v) is 11.4. The van der Waals surface area contributed by atoms with Crippen molar-refractivity contribution in [2.45, 2.75) is 20.8 Å². The summed E-state index contributed by atoms with van der Waals surface area (Å²) in [4.78, 5) is 43.4. The molecule has 0 radical (unpaired) electrons. The number of halogens is 1. The highest BCUT2D eigenvalue weighted by atomic mass is 35.5. The number of para-hydroxylation sites is 1. The van der Waals surface area contributed by atoms with Gasteiger partial charge in [-0.3, -0.25) is 19.3 Å². The van der Waals surface area contributed by atoms with Crippen molar-refractivity contribution in [1.82, 2.24) is 14.5 Å². The molecule has 0 bridgehead atoms. The summed E-state index contributed by atoms with van der Waals surface area (Å²) >= 11 is 6.87. The molecule has 1 fully saturated rings. The van der Waals surface area contributed by atoms with Crippen LogP contribution in [0.2, 0.25) is 5.02 Å². The number of aromatic nitrogens is 2. The highest BCUT2D eigenvalue weighted by Gasteiger charge is 2.36. The number of hydrogen-bond acceptors (Lipinski definition) is 5. The van der Waals surface area contributed by atoms with E-state index in [1.165, 1.54) is 0 Å². The van der Waals surface area contributed by atoms with Crippen molar-refractivity contribution >= 4 is 52.2 Å². The number of carbonyl (C=O) groups is 3. The Kier molecular flexibility index (Phi) is 6.40. The lowest BCUT2D eigenvalue weighted by Gasteiger charge is -2.13. The number of aryl methyl sites for hydroxylation is 2. The number of thioether (sulfide) groups is 1. The molecule has 1 N–H and O–H groups in total. The van der Waals surface area contributed by atoms with E-state index in [0.29, 0.717) is 10.7 Å². The molecule has 3 heterocycles. The molecule has 0 spiro atoms. The molecule has 3 aromatic rings. The number of nitrogens with zero attached hydrogens (tertiary/aromatic N) is 3. The number of nitrogens with one attached hydrogen (secondary N) is 1. The van der Waals surface area contributed by atoms with Crippen LogP contribution in [0.3, 0.4) is 0 Å². The summed E-state index contributed by atoms with van der Waals surface area (Å²) in [6.45, 7) is 5.50. The topological polar surface area (TPSA) is 84.3 Å². The second-order valence-electron chi connectivity index (χ2n) is 7.65. The number of imide groups is 1. The van der Waals surface area contributed by atoms with E-state index < -0.39 is 17.1 Å². The predicted octanol–water partition coefficient (Wildman–Crippen LogP) is 5.13. The van der Waals surface area contributed by atoms with Crippen LogP contribution in [0.5, 0.6) is 0 Å². The first-order valence-electron chi connectivity index (χ1n) is 10.2. The van der Waals surface area contributed by atoms with Gasteiger partial charge in [0, 0.05) is 17.6 Å². The van der Waals surface area contributed by atoms with Crippen molar-refractivity contribution in [3.05, 3.63) is 81.1 Å². The van der Waals surface area contributed by atoms with Gasteiger partial charge in [0.25, 0.3) is 11.1 Å². The van der Waals surface area contributed by atoms with Gasteiger partial charge in [0.1, 0.15) is 12.4 Å². The molecule has 9 heteroatoms. The summed E-state index contributed by atoms with van der Waals surface area (Å²) < 4.78 is 2.00. The van der Waals surface area contributed by atoms with Gasteiger partial charge in [0.15, 0.2) is 0 Å². The fourth-order valence-corrected chi connectivity index (χ4v) is 4.61. The first-order chi connectivity index (χ1) is 15.7. The molecule has 1 saturated heterocycles. The summed E-state index contributed by atoms with van der Waals surface area (Å²) in [5.41, 5.74) is 4.17. The van der Waals surface area contributed by atoms with Gasteiger partial charge >= 0.3 is 0 Å². The van der Waals surface area contributed by atoms with E-state index in [1.54, 1.807) is 36.5 Å². The van der Waals surface area contributed by atoms with Crippen LogP contribution < -0.4 is 5.32 Å². The molecule has 0 atom stereocenters. The van der Waals surface area contributed by atoms with E-state index in [2.05, 4.69) is 10.3 Å². The first kappa shape index (κ1) is 22.8. The van der Waals surface area contributed by atoms with Gasteiger partial charge in [-0.15, -0.1) is 0 Å². The third-order valence-corrected chi connectivity index (χ3v) is 6.45. The van der Waals surface area contributed by atoms with E-state index in [-0.39, 0.29) is 11.4 Å². The molecular weight excluding hydrogens is 460 g/mol. The number of carbonyl (C=O) groups excluding carboxylic acids is 3. The Hall–Kier alpha value is -3.36. The van der Waals surface area contributed by atoms with E-state index >= 15 is 0 Å². The van der Waals surface area contributed by atoms with Gasteiger partial charge in [0.2, 0.25) is 5.91 Å². The third kappa shape index (κ3) is 4.72. The summed E-state index contributed by atoms with van der Waals surface area (Å²) in [5.74, 6) is -0.220. The van der Waals surface area contributed by atoms with E-state index in [4.69, 9.17) is 11.6 Å². The van der Waals surface area contributed by atoms with Crippen molar-refractivity contribution in [3.63, 3.8) is 0 Å². The molecule has 0 unspecified atom stereocenters. The van der Waals surface area contributed by atoms with Crippen LogP contribution >= 0.6 is 23.4 Å². The number of benzene rings is 1. The Morgan fingerprint density at radius 1 is 1.15 bits per heavy atom. The quantitative estimate of drug-likeness (QED) is 0.512. The molecule has 0 saturated carbocycles. The lowest BCUT2D eigenvalue weighted by molar-refractivity contribution is -0.127. The van der Waals surface area contributed by atoms with Crippen LogP contribution in [-0.4, -0.2) is 38.0 Å². The van der Waals surface area contributed by atoms with E-state index in [1.807, 2.05) is 43.5 Å². The fraction of sp³-hybridized carbons (Fsp3) is 0.167.